The quantitative estimate of drug-likeness (QED) is 0.457. The molecular weight excluding hydrogens is 440 g/mol. The molecule has 3 N–H and O–H groups in total. The molecule has 35 heavy (non-hydrogen) atoms. The highest BCUT2D eigenvalue weighted by Crippen LogP contribution is 2.36. The number of aliphatic hydroxyl groups excluding tert-OH is 1. The number of methoxy groups -OCH3 is 1. The number of aromatic nitrogens is 3. The molecule has 5 rings (SSSR count). The van der Waals surface area contributed by atoms with Crippen LogP contribution >= 0.6 is 0 Å². The van der Waals surface area contributed by atoms with Gasteiger partial charge in [-0.3, -0.25) is 4.90 Å². The minimum Gasteiger partial charge on any atom is -0.393 e. The van der Waals surface area contributed by atoms with E-state index >= 15 is 0 Å². The molecule has 3 aromatic rings. The lowest BCUT2D eigenvalue weighted by molar-refractivity contribution is 0.111. The first-order valence-electron chi connectivity index (χ1n) is 12.9. The van der Waals surface area contributed by atoms with Crippen LogP contribution in [0.4, 0.5) is 5.95 Å². The van der Waals surface area contributed by atoms with Gasteiger partial charge < -0.3 is 25.0 Å². The maximum Gasteiger partial charge on any atom is 0.224 e. The first-order chi connectivity index (χ1) is 17.1. The number of ether oxygens (including phenoxy) is 1. The minimum absolute atomic E-state index is 0.119. The molecule has 1 unspecified atom stereocenters. The van der Waals surface area contributed by atoms with E-state index in [0.29, 0.717) is 18.6 Å². The Kier molecular flexibility index (Phi) is 7.63. The third-order valence-electron chi connectivity index (χ3n) is 7.30. The summed E-state index contributed by atoms with van der Waals surface area (Å²) in [7, 11) is 1.70. The van der Waals surface area contributed by atoms with E-state index in [2.05, 4.69) is 62.5 Å². The number of piperazine rings is 1. The Morgan fingerprint density at radius 1 is 1.14 bits per heavy atom. The summed E-state index contributed by atoms with van der Waals surface area (Å²) in [6, 6.07) is 9.41. The molecule has 1 atom stereocenters. The van der Waals surface area contributed by atoms with Crippen molar-refractivity contribution in [1.82, 2.24) is 24.8 Å². The van der Waals surface area contributed by atoms with Gasteiger partial charge in [-0.2, -0.15) is 4.98 Å². The smallest absolute Gasteiger partial charge is 0.224 e. The van der Waals surface area contributed by atoms with Crippen molar-refractivity contribution in [3.63, 3.8) is 0 Å². The molecule has 8 heteroatoms. The maximum absolute atomic E-state index is 10.0. The number of nitrogens with zero attached hydrogens (tertiary/aromatic N) is 4. The Labute approximate surface area is 207 Å². The lowest BCUT2D eigenvalue weighted by Crippen LogP contribution is -2.42. The molecular formula is C27H38N6O2. The van der Waals surface area contributed by atoms with Crippen molar-refractivity contribution >= 4 is 17.0 Å². The first-order valence-corrected chi connectivity index (χ1v) is 12.9. The Hall–Kier alpha value is -2.52. The molecule has 1 aromatic carbocycles. The van der Waals surface area contributed by atoms with Gasteiger partial charge in [-0.05, 0) is 43.7 Å². The summed E-state index contributed by atoms with van der Waals surface area (Å²) in [4.78, 5) is 12.1. The van der Waals surface area contributed by atoms with Gasteiger partial charge in [0.25, 0.3) is 0 Å². The van der Waals surface area contributed by atoms with Crippen LogP contribution in [0.15, 0.2) is 36.7 Å². The second kappa shape index (κ2) is 11.0. The maximum atomic E-state index is 10.0. The molecule has 8 nitrogen and oxygen atoms in total. The summed E-state index contributed by atoms with van der Waals surface area (Å²) in [6.07, 6.45) is 7.60. The van der Waals surface area contributed by atoms with Gasteiger partial charge in [0.05, 0.1) is 12.7 Å². The Morgan fingerprint density at radius 3 is 2.60 bits per heavy atom. The largest absolute Gasteiger partial charge is 0.393 e. The third-order valence-corrected chi connectivity index (χ3v) is 7.30. The lowest BCUT2D eigenvalue weighted by Gasteiger charge is -2.27. The van der Waals surface area contributed by atoms with Gasteiger partial charge in [0.15, 0.2) is 0 Å². The van der Waals surface area contributed by atoms with Crippen molar-refractivity contribution in [3.8, 4) is 11.1 Å². The van der Waals surface area contributed by atoms with E-state index in [9.17, 15) is 5.11 Å². The molecule has 0 radical (unpaired) electrons. The van der Waals surface area contributed by atoms with Gasteiger partial charge in [0, 0.05) is 75.3 Å². The predicted octanol–water partition coefficient (Wildman–Crippen LogP) is 3.43. The van der Waals surface area contributed by atoms with Crippen LogP contribution in [0.5, 0.6) is 0 Å². The highest BCUT2D eigenvalue weighted by atomic mass is 16.5. The fraction of sp³-hybridized carbons (Fsp3) is 0.556. The Balaban J connectivity index is 1.45. The molecule has 2 aliphatic rings. The zero-order valence-electron chi connectivity index (χ0n) is 20.9. The van der Waals surface area contributed by atoms with E-state index in [-0.39, 0.29) is 12.1 Å². The summed E-state index contributed by atoms with van der Waals surface area (Å²) in [5.41, 5.74) is 4.64. The van der Waals surface area contributed by atoms with Gasteiger partial charge in [-0.25, -0.2) is 4.98 Å². The number of rotatable bonds is 8. The van der Waals surface area contributed by atoms with Gasteiger partial charge in [0.2, 0.25) is 5.95 Å². The highest BCUT2D eigenvalue weighted by Gasteiger charge is 2.24. The second-order valence-corrected chi connectivity index (χ2v) is 10.1. The van der Waals surface area contributed by atoms with Crippen LogP contribution in [-0.4, -0.2) is 76.6 Å². The molecule has 1 saturated carbocycles. The molecule has 188 valence electrons. The number of fused-ring (bicyclic) bond motifs is 1. The van der Waals surface area contributed by atoms with E-state index in [1.165, 1.54) is 11.1 Å². The van der Waals surface area contributed by atoms with E-state index in [4.69, 9.17) is 9.72 Å². The number of hydrogen-bond acceptors (Lipinski definition) is 7. The molecule has 2 fully saturated rings. The fourth-order valence-corrected chi connectivity index (χ4v) is 5.37. The van der Waals surface area contributed by atoms with E-state index < -0.39 is 0 Å². The van der Waals surface area contributed by atoms with Crippen molar-refractivity contribution in [1.29, 1.82) is 0 Å². The predicted molar refractivity (Wildman–Crippen MR) is 140 cm³/mol. The molecule has 3 heterocycles. The average molecular weight is 479 g/mol. The molecule has 1 saturated heterocycles. The van der Waals surface area contributed by atoms with Gasteiger partial charge in [0.1, 0.15) is 5.65 Å². The highest BCUT2D eigenvalue weighted by molar-refractivity contribution is 5.94. The van der Waals surface area contributed by atoms with Crippen LogP contribution in [0.2, 0.25) is 0 Å². The Bertz CT molecular complexity index is 1100. The zero-order valence-corrected chi connectivity index (χ0v) is 20.9. The molecule has 1 aliphatic heterocycles. The average Bonchev–Trinajstić information content (AvgIpc) is 3.24. The van der Waals surface area contributed by atoms with Gasteiger partial charge in [-0.1, -0.05) is 24.3 Å². The monoisotopic (exact) mass is 478 g/mol. The van der Waals surface area contributed by atoms with Gasteiger partial charge >= 0.3 is 0 Å². The zero-order chi connectivity index (χ0) is 24.2. The lowest BCUT2D eigenvalue weighted by atomic mass is 9.93. The molecule has 1 aliphatic carbocycles. The van der Waals surface area contributed by atoms with Crippen LogP contribution in [0.3, 0.4) is 0 Å². The molecule has 0 spiro atoms. The number of aliphatic hydroxyl groups is 1. The SMILES string of the molecule is COCC(C)Nc1ncc2c(-c3ccc(CN4CCNCC4)cc3)cn(C3CCC(O)CC3)c2n1. The second-order valence-electron chi connectivity index (χ2n) is 10.1. The van der Waals surface area contributed by atoms with Crippen LogP contribution in [0.1, 0.15) is 44.2 Å². The molecule has 2 aromatic heterocycles. The minimum atomic E-state index is -0.183. The summed E-state index contributed by atoms with van der Waals surface area (Å²) in [5, 5.41) is 17.9. The third kappa shape index (κ3) is 5.67. The topological polar surface area (TPSA) is 87.5 Å². The number of nitrogens with one attached hydrogen (secondary N) is 2. The molecule has 0 bridgehead atoms. The summed E-state index contributed by atoms with van der Waals surface area (Å²) >= 11 is 0. The van der Waals surface area contributed by atoms with E-state index in [0.717, 1.165) is 75.0 Å². The van der Waals surface area contributed by atoms with Crippen LogP contribution in [-0.2, 0) is 11.3 Å². The van der Waals surface area contributed by atoms with Crippen molar-refractivity contribution in [2.75, 3.05) is 45.2 Å². The normalized spacial score (nSPS) is 22.4. The van der Waals surface area contributed by atoms with E-state index in [1.807, 2.05) is 6.20 Å². The van der Waals surface area contributed by atoms with Crippen molar-refractivity contribution in [2.45, 2.75) is 57.3 Å². The van der Waals surface area contributed by atoms with Crippen molar-refractivity contribution < 1.29 is 9.84 Å². The van der Waals surface area contributed by atoms with E-state index in [1.54, 1.807) is 7.11 Å². The van der Waals surface area contributed by atoms with Gasteiger partial charge in [-0.15, -0.1) is 0 Å². The molecule has 0 amide bonds. The number of benzene rings is 1. The number of hydrogen-bond donors (Lipinski definition) is 3. The first kappa shape index (κ1) is 24.2. The fourth-order valence-electron chi connectivity index (χ4n) is 5.37. The summed E-state index contributed by atoms with van der Waals surface area (Å²) < 4.78 is 7.58. The van der Waals surface area contributed by atoms with Crippen molar-refractivity contribution in [2.24, 2.45) is 0 Å². The Morgan fingerprint density at radius 2 is 1.89 bits per heavy atom. The number of anilines is 1. The summed E-state index contributed by atoms with van der Waals surface area (Å²) in [6.45, 7) is 7.98. The van der Waals surface area contributed by atoms with Crippen LogP contribution in [0, 0.1) is 0 Å². The van der Waals surface area contributed by atoms with Crippen molar-refractivity contribution in [3.05, 3.63) is 42.2 Å². The van der Waals surface area contributed by atoms with Crippen LogP contribution in [0.25, 0.3) is 22.2 Å². The summed E-state index contributed by atoms with van der Waals surface area (Å²) in [5.74, 6) is 0.621. The van der Waals surface area contributed by atoms with Crippen LogP contribution < -0.4 is 10.6 Å². The standard InChI is InChI=1S/C27H38N6O2/c1-19(18-35-2)30-27-29-15-24-25(17-33(26(24)31-27)22-7-9-23(34)10-8-22)21-5-3-20(4-6-21)16-32-13-11-28-12-14-32/h3-6,15,17,19,22-23,28,34H,7-14,16,18H2,1-2H3,(H,29,30,31).